The van der Waals surface area contributed by atoms with Crippen molar-refractivity contribution < 1.29 is 22.7 Å². The second kappa shape index (κ2) is 9.47. The summed E-state index contributed by atoms with van der Waals surface area (Å²) in [5.41, 5.74) is -0.406. The minimum absolute atomic E-state index is 0.00321. The number of pyridine rings is 1. The van der Waals surface area contributed by atoms with E-state index in [0.717, 1.165) is 48.8 Å². The van der Waals surface area contributed by atoms with Crippen LogP contribution in [-0.2, 0) is 11.0 Å². The van der Waals surface area contributed by atoms with Crippen LogP contribution in [0.15, 0.2) is 48.5 Å². The highest BCUT2D eigenvalue weighted by Gasteiger charge is 2.31. The Kier molecular flexibility index (Phi) is 6.65. The zero-order valence-corrected chi connectivity index (χ0v) is 18.7. The predicted molar refractivity (Wildman–Crippen MR) is 123 cm³/mol. The molecule has 0 aliphatic carbocycles. The fourth-order valence-electron chi connectivity index (χ4n) is 3.95. The van der Waals surface area contributed by atoms with E-state index < -0.39 is 24.3 Å². The average molecular weight is 478 g/mol. The van der Waals surface area contributed by atoms with Crippen molar-refractivity contribution in [2.75, 3.05) is 23.4 Å². The minimum Gasteiger partial charge on any atom is -0.481 e. The molecule has 2 aromatic carbocycles. The van der Waals surface area contributed by atoms with Gasteiger partial charge in [0.15, 0.2) is 6.61 Å². The van der Waals surface area contributed by atoms with E-state index in [0.29, 0.717) is 17.3 Å². The maximum absolute atomic E-state index is 13.0. The highest BCUT2D eigenvalue weighted by molar-refractivity contribution is 6.33. The normalized spacial score (nSPS) is 16.6. The molecule has 1 aromatic heterocycles. The fraction of sp³-hybridized carbons (Fsp3) is 0.333. The molecule has 0 bridgehead atoms. The van der Waals surface area contributed by atoms with Gasteiger partial charge in [-0.15, -0.1) is 0 Å². The molecule has 1 aliphatic rings. The van der Waals surface area contributed by atoms with E-state index in [1.165, 1.54) is 6.42 Å². The summed E-state index contributed by atoms with van der Waals surface area (Å²) in [6, 6.07) is 12.5. The van der Waals surface area contributed by atoms with Crippen molar-refractivity contribution >= 4 is 39.9 Å². The topological polar surface area (TPSA) is 54.5 Å². The van der Waals surface area contributed by atoms with Crippen LogP contribution in [0.3, 0.4) is 0 Å². The summed E-state index contributed by atoms with van der Waals surface area (Å²) >= 11 is 5.95. The Hall–Kier alpha value is -3.00. The number of amides is 1. The maximum Gasteiger partial charge on any atom is 0.416 e. The van der Waals surface area contributed by atoms with Crippen LogP contribution in [0, 0.1) is 0 Å². The van der Waals surface area contributed by atoms with Gasteiger partial charge in [0, 0.05) is 18.0 Å². The second-order valence-electron chi connectivity index (χ2n) is 8.06. The van der Waals surface area contributed by atoms with Crippen LogP contribution in [-0.4, -0.2) is 30.1 Å². The van der Waals surface area contributed by atoms with Crippen LogP contribution in [0.25, 0.3) is 10.9 Å². The zero-order chi connectivity index (χ0) is 23.6. The zero-order valence-electron chi connectivity index (χ0n) is 18.0. The Bertz CT molecular complexity index is 1170. The number of piperidine rings is 1. The van der Waals surface area contributed by atoms with Gasteiger partial charge in [0.1, 0.15) is 17.1 Å². The second-order valence-corrected chi connectivity index (χ2v) is 8.47. The lowest BCUT2D eigenvalue weighted by atomic mass is 10.0. The van der Waals surface area contributed by atoms with Gasteiger partial charge in [-0.25, -0.2) is 4.98 Å². The summed E-state index contributed by atoms with van der Waals surface area (Å²) in [6.07, 6.45) is -1.13. The number of fused-ring (bicyclic) bond motifs is 1. The van der Waals surface area contributed by atoms with E-state index in [1.54, 1.807) is 12.1 Å². The van der Waals surface area contributed by atoms with Crippen molar-refractivity contribution in [3.05, 3.63) is 59.1 Å². The Morgan fingerprint density at radius 2 is 2.03 bits per heavy atom. The Morgan fingerprint density at radius 1 is 1.21 bits per heavy atom. The SMILES string of the molecule is CC1CCCCN1c1ccc2cccc(OCC(=O)Nc3cc(C(F)(F)F)ccc3Cl)c2n1. The smallest absolute Gasteiger partial charge is 0.416 e. The molecule has 3 aromatic rings. The molecule has 1 N–H and O–H groups in total. The number of benzene rings is 2. The summed E-state index contributed by atoms with van der Waals surface area (Å²) in [5, 5.41) is 3.25. The van der Waals surface area contributed by atoms with E-state index in [2.05, 4.69) is 17.1 Å². The molecule has 1 atom stereocenters. The third-order valence-electron chi connectivity index (χ3n) is 5.69. The van der Waals surface area contributed by atoms with Crippen molar-refractivity contribution in [3.8, 4) is 5.75 Å². The number of carbonyl (C=O) groups excluding carboxylic acids is 1. The van der Waals surface area contributed by atoms with Crippen LogP contribution < -0.4 is 15.0 Å². The van der Waals surface area contributed by atoms with Gasteiger partial charge in [0.2, 0.25) is 0 Å². The Balaban J connectivity index is 1.50. The Morgan fingerprint density at radius 3 is 2.79 bits per heavy atom. The van der Waals surface area contributed by atoms with Gasteiger partial charge in [-0.05, 0) is 62.6 Å². The molecule has 0 spiro atoms. The molecule has 9 heteroatoms. The molecule has 33 heavy (non-hydrogen) atoms. The van der Waals surface area contributed by atoms with Crippen LogP contribution in [0.2, 0.25) is 5.02 Å². The summed E-state index contributed by atoms with van der Waals surface area (Å²) < 4.78 is 44.6. The predicted octanol–water partition coefficient (Wildman–Crippen LogP) is 6.30. The van der Waals surface area contributed by atoms with Gasteiger partial charge in [-0.1, -0.05) is 23.7 Å². The molecular weight excluding hydrogens is 455 g/mol. The van der Waals surface area contributed by atoms with E-state index in [1.807, 2.05) is 18.2 Å². The molecule has 1 amide bonds. The number of rotatable bonds is 5. The quantitative estimate of drug-likeness (QED) is 0.468. The first-order valence-electron chi connectivity index (χ1n) is 10.7. The number of hydrogen-bond donors (Lipinski definition) is 1. The number of hydrogen-bond acceptors (Lipinski definition) is 4. The number of para-hydroxylation sites is 1. The van der Waals surface area contributed by atoms with Crippen molar-refractivity contribution in [2.45, 2.75) is 38.4 Å². The summed E-state index contributed by atoms with van der Waals surface area (Å²) in [4.78, 5) is 19.4. The number of halogens is 4. The molecule has 2 heterocycles. The van der Waals surface area contributed by atoms with E-state index in [4.69, 9.17) is 21.3 Å². The lowest BCUT2D eigenvalue weighted by Gasteiger charge is -2.34. The summed E-state index contributed by atoms with van der Waals surface area (Å²) in [7, 11) is 0. The van der Waals surface area contributed by atoms with Gasteiger partial charge >= 0.3 is 6.18 Å². The van der Waals surface area contributed by atoms with E-state index in [-0.39, 0.29) is 10.7 Å². The number of carbonyl (C=O) groups is 1. The molecule has 5 nitrogen and oxygen atoms in total. The number of anilines is 2. The Labute approximate surface area is 194 Å². The fourth-order valence-corrected chi connectivity index (χ4v) is 4.12. The standard InChI is InChI=1S/C24H23ClF3N3O2/c1-15-5-2-3-12-31(15)21-11-8-16-6-4-7-20(23(16)30-21)33-14-22(32)29-19-13-17(24(26,27)28)9-10-18(19)25/h4,6-11,13,15H,2-3,5,12,14H2,1H3,(H,29,32). The lowest BCUT2D eigenvalue weighted by molar-refractivity contribution is -0.137. The molecule has 1 saturated heterocycles. The van der Waals surface area contributed by atoms with Crippen LogP contribution in [0.5, 0.6) is 5.75 Å². The number of ether oxygens (including phenoxy) is 1. The highest BCUT2D eigenvalue weighted by Crippen LogP contribution is 2.34. The molecule has 4 rings (SSSR count). The maximum atomic E-state index is 13.0. The third-order valence-corrected chi connectivity index (χ3v) is 6.02. The van der Waals surface area contributed by atoms with Crippen molar-refractivity contribution in [3.63, 3.8) is 0 Å². The molecule has 0 saturated carbocycles. The first-order chi connectivity index (χ1) is 15.7. The van der Waals surface area contributed by atoms with Gasteiger partial charge in [0.05, 0.1) is 16.3 Å². The largest absolute Gasteiger partial charge is 0.481 e. The average Bonchev–Trinajstić information content (AvgIpc) is 2.78. The summed E-state index contributed by atoms with van der Waals surface area (Å²) in [6.45, 7) is 2.71. The molecular formula is C24H23ClF3N3O2. The lowest BCUT2D eigenvalue weighted by Crippen LogP contribution is -2.37. The van der Waals surface area contributed by atoms with Crippen molar-refractivity contribution in [1.82, 2.24) is 4.98 Å². The van der Waals surface area contributed by atoms with Crippen LogP contribution in [0.4, 0.5) is 24.7 Å². The number of nitrogens with zero attached hydrogens (tertiary/aromatic N) is 2. The number of alkyl halides is 3. The van der Waals surface area contributed by atoms with Gasteiger partial charge in [-0.2, -0.15) is 13.2 Å². The van der Waals surface area contributed by atoms with Crippen LogP contribution >= 0.6 is 11.6 Å². The molecule has 1 unspecified atom stereocenters. The minimum atomic E-state index is -4.54. The van der Waals surface area contributed by atoms with Gasteiger partial charge < -0.3 is 15.0 Å². The number of aromatic nitrogens is 1. The van der Waals surface area contributed by atoms with Crippen LogP contribution in [0.1, 0.15) is 31.7 Å². The molecule has 1 aliphatic heterocycles. The van der Waals surface area contributed by atoms with Crippen molar-refractivity contribution in [2.24, 2.45) is 0 Å². The first kappa shape index (κ1) is 23.2. The highest BCUT2D eigenvalue weighted by atomic mass is 35.5. The van der Waals surface area contributed by atoms with E-state index >= 15 is 0 Å². The molecule has 0 radical (unpaired) electrons. The summed E-state index contributed by atoms with van der Waals surface area (Å²) in [5.74, 6) is 0.643. The first-order valence-corrected chi connectivity index (χ1v) is 11.1. The number of nitrogens with one attached hydrogen (secondary N) is 1. The third kappa shape index (κ3) is 5.33. The van der Waals surface area contributed by atoms with Crippen molar-refractivity contribution in [1.29, 1.82) is 0 Å². The van der Waals surface area contributed by atoms with E-state index in [9.17, 15) is 18.0 Å². The monoisotopic (exact) mass is 477 g/mol. The molecule has 174 valence electrons. The molecule has 1 fully saturated rings. The van der Waals surface area contributed by atoms with Gasteiger partial charge in [0.25, 0.3) is 5.91 Å². The van der Waals surface area contributed by atoms with Gasteiger partial charge in [-0.3, -0.25) is 4.79 Å².